The summed E-state index contributed by atoms with van der Waals surface area (Å²) >= 11 is 0. The summed E-state index contributed by atoms with van der Waals surface area (Å²) in [5, 5.41) is 0. The molecule has 94 valence electrons. The highest BCUT2D eigenvalue weighted by molar-refractivity contribution is 5.31. The molecular weight excluding hydrogens is 217 g/mol. The maximum atomic E-state index is 13.7. The second-order valence-corrected chi connectivity index (χ2v) is 4.78. The molecule has 2 unspecified atom stereocenters. The van der Waals surface area contributed by atoms with Gasteiger partial charge in [0.1, 0.15) is 0 Å². The first-order valence-electron chi connectivity index (χ1n) is 6.29. The Morgan fingerprint density at radius 1 is 1.35 bits per heavy atom. The largest absolute Gasteiger partial charge is 0.494 e. The van der Waals surface area contributed by atoms with Gasteiger partial charge in [0, 0.05) is 0 Å². The first-order chi connectivity index (χ1) is 8.26. The molecule has 1 aromatic rings. The normalized spacial score (nSPS) is 24.6. The van der Waals surface area contributed by atoms with Gasteiger partial charge in [-0.05, 0) is 48.9 Å². The van der Waals surface area contributed by atoms with E-state index in [1.807, 2.05) is 6.07 Å². The summed E-state index contributed by atoms with van der Waals surface area (Å²) in [4.78, 5) is 0. The molecule has 0 bridgehead atoms. The van der Waals surface area contributed by atoms with Gasteiger partial charge in [-0.25, -0.2) is 4.39 Å². The summed E-state index contributed by atoms with van der Waals surface area (Å²) < 4.78 is 18.6. The van der Waals surface area contributed by atoms with Crippen LogP contribution in [0.1, 0.15) is 37.2 Å². The van der Waals surface area contributed by atoms with Crippen LogP contribution in [0.15, 0.2) is 18.2 Å². The van der Waals surface area contributed by atoms with E-state index in [2.05, 4.69) is 0 Å². The van der Waals surface area contributed by atoms with Gasteiger partial charge in [0.05, 0.1) is 7.11 Å². The third-order valence-electron chi connectivity index (χ3n) is 3.82. The number of halogens is 1. The van der Waals surface area contributed by atoms with Gasteiger partial charge in [0.25, 0.3) is 0 Å². The minimum Gasteiger partial charge on any atom is -0.494 e. The molecular formula is C14H20FNO. The van der Waals surface area contributed by atoms with E-state index >= 15 is 0 Å². The molecule has 0 heterocycles. The third-order valence-corrected chi connectivity index (χ3v) is 3.82. The van der Waals surface area contributed by atoms with E-state index in [9.17, 15) is 4.39 Å². The molecule has 3 heteroatoms. The first kappa shape index (κ1) is 12.4. The molecule has 0 saturated heterocycles. The van der Waals surface area contributed by atoms with Crippen LogP contribution in [0.25, 0.3) is 0 Å². The summed E-state index contributed by atoms with van der Waals surface area (Å²) in [6.45, 7) is 0.693. The van der Waals surface area contributed by atoms with E-state index < -0.39 is 0 Å². The smallest absolute Gasteiger partial charge is 0.165 e. The van der Waals surface area contributed by atoms with Crippen molar-refractivity contribution >= 4 is 0 Å². The van der Waals surface area contributed by atoms with Crippen molar-refractivity contribution in [3.8, 4) is 5.75 Å². The Morgan fingerprint density at radius 2 is 2.12 bits per heavy atom. The quantitative estimate of drug-likeness (QED) is 0.876. The van der Waals surface area contributed by atoms with E-state index in [-0.39, 0.29) is 5.82 Å². The molecule has 2 atom stereocenters. The predicted molar refractivity (Wildman–Crippen MR) is 66.7 cm³/mol. The van der Waals surface area contributed by atoms with E-state index in [0.717, 1.165) is 18.4 Å². The van der Waals surface area contributed by atoms with Crippen LogP contribution in [0, 0.1) is 11.7 Å². The van der Waals surface area contributed by atoms with Crippen molar-refractivity contribution in [3.05, 3.63) is 29.6 Å². The fourth-order valence-electron chi connectivity index (χ4n) is 2.84. The molecule has 1 saturated carbocycles. The van der Waals surface area contributed by atoms with Gasteiger partial charge in [0.2, 0.25) is 0 Å². The zero-order valence-corrected chi connectivity index (χ0v) is 10.3. The van der Waals surface area contributed by atoms with Gasteiger partial charge in [-0.3, -0.25) is 0 Å². The first-order valence-corrected chi connectivity index (χ1v) is 6.29. The Kier molecular flexibility index (Phi) is 4.00. The van der Waals surface area contributed by atoms with Crippen LogP contribution in [0.3, 0.4) is 0 Å². The Bertz CT molecular complexity index is 380. The number of rotatable bonds is 3. The van der Waals surface area contributed by atoms with Crippen LogP contribution in [-0.2, 0) is 0 Å². The molecule has 1 aromatic carbocycles. The lowest BCUT2D eigenvalue weighted by molar-refractivity contribution is 0.313. The predicted octanol–water partition coefficient (Wildman–Crippen LogP) is 3.07. The molecule has 0 spiro atoms. The lowest BCUT2D eigenvalue weighted by Gasteiger charge is -2.31. The maximum absolute atomic E-state index is 13.7. The van der Waals surface area contributed by atoms with E-state index in [0.29, 0.717) is 24.1 Å². The number of methoxy groups -OCH3 is 1. The lowest BCUT2D eigenvalue weighted by Crippen LogP contribution is -2.25. The minimum atomic E-state index is -0.272. The second kappa shape index (κ2) is 5.50. The Hall–Kier alpha value is -1.09. The van der Waals surface area contributed by atoms with Crippen molar-refractivity contribution in [2.24, 2.45) is 11.7 Å². The zero-order chi connectivity index (χ0) is 12.3. The number of benzene rings is 1. The third kappa shape index (κ3) is 2.60. The average molecular weight is 237 g/mol. The van der Waals surface area contributed by atoms with Crippen LogP contribution in [0.5, 0.6) is 5.75 Å². The molecule has 1 fully saturated rings. The van der Waals surface area contributed by atoms with Crippen LogP contribution in [0.4, 0.5) is 4.39 Å². The van der Waals surface area contributed by atoms with Gasteiger partial charge in [-0.1, -0.05) is 18.9 Å². The maximum Gasteiger partial charge on any atom is 0.165 e. The average Bonchev–Trinajstić information content (AvgIpc) is 2.38. The van der Waals surface area contributed by atoms with Gasteiger partial charge < -0.3 is 10.5 Å². The van der Waals surface area contributed by atoms with Gasteiger partial charge in [-0.15, -0.1) is 0 Å². The summed E-state index contributed by atoms with van der Waals surface area (Å²) in [5.74, 6) is 0.950. The molecule has 2 nitrogen and oxygen atoms in total. The lowest BCUT2D eigenvalue weighted by atomic mass is 9.75. The van der Waals surface area contributed by atoms with Crippen molar-refractivity contribution in [2.45, 2.75) is 31.6 Å². The SMILES string of the molecule is COc1ccc(C2CCCCC2CN)cc1F. The Balaban J connectivity index is 2.23. The fourth-order valence-corrected chi connectivity index (χ4v) is 2.84. The van der Waals surface area contributed by atoms with Gasteiger partial charge >= 0.3 is 0 Å². The fraction of sp³-hybridized carbons (Fsp3) is 0.571. The zero-order valence-electron chi connectivity index (χ0n) is 10.3. The molecule has 0 aliphatic heterocycles. The van der Waals surface area contributed by atoms with Crippen molar-refractivity contribution in [3.63, 3.8) is 0 Å². The van der Waals surface area contributed by atoms with Crippen LogP contribution in [-0.4, -0.2) is 13.7 Å². The number of hydrogen-bond donors (Lipinski definition) is 1. The van der Waals surface area contributed by atoms with Crippen molar-refractivity contribution in [2.75, 3.05) is 13.7 Å². The summed E-state index contributed by atoms with van der Waals surface area (Å²) in [6, 6.07) is 5.30. The molecule has 17 heavy (non-hydrogen) atoms. The van der Waals surface area contributed by atoms with Crippen LogP contribution < -0.4 is 10.5 Å². The minimum absolute atomic E-state index is 0.272. The Morgan fingerprint density at radius 3 is 2.76 bits per heavy atom. The summed E-state index contributed by atoms with van der Waals surface area (Å²) in [5.41, 5.74) is 6.87. The molecule has 2 N–H and O–H groups in total. The highest BCUT2D eigenvalue weighted by atomic mass is 19.1. The monoisotopic (exact) mass is 237 g/mol. The standard InChI is InChI=1S/C14H20FNO/c1-17-14-7-6-10(8-13(14)15)12-5-3-2-4-11(12)9-16/h6-8,11-12H,2-5,9,16H2,1H3. The molecule has 1 aliphatic carbocycles. The number of ether oxygens (including phenoxy) is 1. The molecule has 2 rings (SSSR count). The topological polar surface area (TPSA) is 35.2 Å². The summed E-state index contributed by atoms with van der Waals surface area (Å²) in [7, 11) is 1.49. The molecule has 1 aliphatic rings. The number of nitrogens with two attached hydrogens (primary N) is 1. The molecule has 0 amide bonds. The van der Waals surface area contributed by atoms with E-state index in [4.69, 9.17) is 10.5 Å². The van der Waals surface area contributed by atoms with Crippen LogP contribution in [0.2, 0.25) is 0 Å². The van der Waals surface area contributed by atoms with Crippen LogP contribution >= 0.6 is 0 Å². The second-order valence-electron chi connectivity index (χ2n) is 4.78. The Labute approximate surface area is 102 Å². The highest BCUT2D eigenvalue weighted by Gasteiger charge is 2.25. The molecule has 0 aromatic heterocycles. The van der Waals surface area contributed by atoms with Crippen molar-refractivity contribution in [1.29, 1.82) is 0 Å². The van der Waals surface area contributed by atoms with Gasteiger partial charge in [0.15, 0.2) is 11.6 Å². The summed E-state index contributed by atoms with van der Waals surface area (Å²) in [6.07, 6.45) is 4.74. The highest BCUT2D eigenvalue weighted by Crippen LogP contribution is 2.38. The number of hydrogen-bond acceptors (Lipinski definition) is 2. The van der Waals surface area contributed by atoms with Crippen molar-refractivity contribution < 1.29 is 9.13 Å². The van der Waals surface area contributed by atoms with E-state index in [1.54, 1.807) is 12.1 Å². The van der Waals surface area contributed by atoms with E-state index in [1.165, 1.54) is 20.0 Å². The van der Waals surface area contributed by atoms with Gasteiger partial charge in [-0.2, -0.15) is 0 Å². The van der Waals surface area contributed by atoms with Crippen molar-refractivity contribution in [1.82, 2.24) is 0 Å². The molecule has 0 radical (unpaired) electrons.